The van der Waals surface area contributed by atoms with Crippen molar-refractivity contribution < 1.29 is 14.2 Å². The van der Waals surface area contributed by atoms with E-state index in [1.165, 1.54) is 24.0 Å². The summed E-state index contributed by atoms with van der Waals surface area (Å²) in [5, 5.41) is 16.9. The van der Waals surface area contributed by atoms with Crippen LogP contribution < -0.4 is 19.9 Å². The molecular weight excluding hydrogens is 603 g/mol. The second-order valence-electron chi connectivity index (χ2n) is 14.7. The van der Waals surface area contributed by atoms with Gasteiger partial charge in [0.15, 0.2) is 0 Å². The molecule has 6 aliphatic rings. The summed E-state index contributed by atoms with van der Waals surface area (Å²) in [5.41, 5.74) is 3.99. The van der Waals surface area contributed by atoms with Gasteiger partial charge in [-0.3, -0.25) is 4.90 Å². The molecule has 8 nitrogen and oxygen atoms in total. The summed E-state index contributed by atoms with van der Waals surface area (Å²) < 4.78 is 21.7. The number of benzene rings is 2. The summed E-state index contributed by atoms with van der Waals surface area (Å²) in [6.45, 7) is 8.43. The molecule has 4 saturated heterocycles. The van der Waals surface area contributed by atoms with E-state index in [-0.39, 0.29) is 11.3 Å². The molecule has 242 valence electrons. The molecule has 2 aromatic carbocycles. The third kappa shape index (κ3) is 4.75. The van der Waals surface area contributed by atoms with Crippen LogP contribution in [0.15, 0.2) is 42.5 Å². The zero-order valence-electron chi connectivity index (χ0n) is 26.2. The van der Waals surface area contributed by atoms with Gasteiger partial charge in [0.1, 0.15) is 24.3 Å². The second kappa shape index (κ2) is 11.0. The number of nitrogens with zero attached hydrogens (tertiary/aromatic N) is 5. The third-order valence-electron chi connectivity index (χ3n) is 11.8. The molecule has 2 bridgehead atoms. The number of phenolic OH excluding ortho intramolecular Hbond substituents is 1. The number of ether oxygens (including phenoxy) is 1. The van der Waals surface area contributed by atoms with Gasteiger partial charge in [-0.15, -0.1) is 0 Å². The van der Waals surface area contributed by atoms with Crippen LogP contribution in [0.1, 0.15) is 56.2 Å². The van der Waals surface area contributed by atoms with Crippen LogP contribution in [-0.2, 0) is 13.0 Å². The van der Waals surface area contributed by atoms with Crippen molar-refractivity contribution in [3.05, 3.63) is 58.8 Å². The molecule has 46 heavy (non-hydrogen) atoms. The summed E-state index contributed by atoms with van der Waals surface area (Å²) in [6, 6.07) is 11.0. The monoisotopic (exact) mass is 644 g/mol. The van der Waals surface area contributed by atoms with E-state index in [4.69, 9.17) is 26.3 Å². The molecular formula is C36H42ClFN6O2. The van der Waals surface area contributed by atoms with Gasteiger partial charge >= 0.3 is 6.01 Å². The first-order valence-corrected chi connectivity index (χ1v) is 17.5. The predicted molar refractivity (Wildman–Crippen MR) is 179 cm³/mol. The van der Waals surface area contributed by atoms with Crippen LogP contribution in [0.3, 0.4) is 0 Å². The Hall–Kier alpha value is -3.14. The molecule has 1 saturated carbocycles. The zero-order chi connectivity index (χ0) is 31.2. The lowest BCUT2D eigenvalue weighted by atomic mass is 9.78. The molecule has 1 aromatic heterocycles. The highest BCUT2D eigenvalue weighted by molar-refractivity contribution is 6.36. The van der Waals surface area contributed by atoms with Crippen molar-refractivity contribution in [1.29, 1.82) is 0 Å². The van der Waals surface area contributed by atoms with Gasteiger partial charge in [0.25, 0.3) is 0 Å². The van der Waals surface area contributed by atoms with Crippen molar-refractivity contribution >= 4 is 33.9 Å². The van der Waals surface area contributed by atoms with Gasteiger partial charge in [-0.25, -0.2) is 4.39 Å². The molecule has 6 atom stereocenters. The average Bonchev–Trinajstić information content (AvgIpc) is 3.66. The Kier molecular flexibility index (Phi) is 6.92. The minimum atomic E-state index is -0.839. The number of alkyl halides is 1. The Labute approximate surface area is 274 Å². The summed E-state index contributed by atoms with van der Waals surface area (Å²) in [6.07, 6.45) is 7.01. The molecule has 0 radical (unpaired) electrons. The Morgan fingerprint density at radius 3 is 2.76 bits per heavy atom. The Bertz CT molecular complexity index is 1710. The maximum Gasteiger partial charge on any atom is 0.318 e. The van der Waals surface area contributed by atoms with Crippen LogP contribution in [0.25, 0.3) is 10.8 Å². The van der Waals surface area contributed by atoms with Crippen LogP contribution in [0.5, 0.6) is 11.8 Å². The highest BCUT2D eigenvalue weighted by Crippen LogP contribution is 2.52. The quantitative estimate of drug-likeness (QED) is 0.339. The van der Waals surface area contributed by atoms with Crippen LogP contribution in [0.2, 0.25) is 5.02 Å². The highest BCUT2D eigenvalue weighted by atomic mass is 35.5. The smallest absolute Gasteiger partial charge is 0.318 e. The first kappa shape index (κ1) is 29.0. The normalized spacial score (nSPS) is 32.1. The number of aromatic hydroxyl groups is 1. The van der Waals surface area contributed by atoms with E-state index < -0.39 is 6.17 Å². The summed E-state index contributed by atoms with van der Waals surface area (Å²) in [7, 11) is 0. The maximum atomic E-state index is 15.1. The molecule has 9 rings (SSSR count). The number of aromatic nitrogens is 2. The summed E-state index contributed by atoms with van der Waals surface area (Å²) in [5.74, 6) is 1.61. The lowest BCUT2D eigenvalue weighted by Gasteiger charge is -2.38. The molecule has 2 N–H and O–H groups in total. The molecule has 5 aliphatic heterocycles. The summed E-state index contributed by atoms with van der Waals surface area (Å²) >= 11 is 6.73. The van der Waals surface area contributed by atoms with E-state index in [9.17, 15) is 5.11 Å². The number of hydrogen-bond acceptors (Lipinski definition) is 8. The van der Waals surface area contributed by atoms with Crippen molar-refractivity contribution in [3.63, 3.8) is 0 Å². The molecule has 6 heterocycles. The van der Waals surface area contributed by atoms with Crippen molar-refractivity contribution in [2.75, 3.05) is 42.6 Å². The van der Waals surface area contributed by atoms with Crippen LogP contribution >= 0.6 is 11.6 Å². The SMILES string of the molecule is C=C1CCC[C@H]2[C@@H]1C[C@@]1(COc3nc4c(c(N5CC6CCC(C5)N6)n3)CCN(c3cc(O)cc5cccc(Cl)c35)C4)C[C@@H](F)CN21. The number of piperazine rings is 1. The van der Waals surface area contributed by atoms with Crippen molar-refractivity contribution in [3.8, 4) is 11.8 Å². The molecule has 3 aromatic rings. The van der Waals surface area contributed by atoms with Crippen LogP contribution in [0, 0.1) is 5.92 Å². The van der Waals surface area contributed by atoms with Crippen molar-refractivity contribution in [1.82, 2.24) is 20.2 Å². The third-order valence-corrected chi connectivity index (χ3v) is 12.1. The van der Waals surface area contributed by atoms with E-state index >= 15 is 4.39 Å². The van der Waals surface area contributed by atoms with Gasteiger partial charge in [-0.2, -0.15) is 9.97 Å². The van der Waals surface area contributed by atoms with Gasteiger partial charge in [0, 0.05) is 67.7 Å². The maximum absolute atomic E-state index is 15.1. The fourth-order valence-corrected chi connectivity index (χ4v) is 10.1. The first-order valence-electron chi connectivity index (χ1n) is 17.1. The zero-order valence-corrected chi connectivity index (χ0v) is 27.0. The number of nitrogens with one attached hydrogen (secondary N) is 1. The molecule has 0 spiro atoms. The van der Waals surface area contributed by atoms with Crippen LogP contribution in [0.4, 0.5) is 15.9 Å². The van der Waals surface area contributed by atoms with E-state index in [0.29, 0.717) is 61.2 Å². The average molecular weight is 645 g/mol. The molecule has 5 fully saturated rings. The number of rotatable bonds is 5. The first-order chi connectivity index (χ1) is 22.3. The molecule has 10 heteroatoms. The minimum Gasteiger partial charge on any atom is -0.508 e. The van der Waals surface area contributed by atoms with Gasteiger partial charge < -0.3 is 25.0 Å². The van der Waals surface area contributed by atoms with Gasteiger partial charge in [-0.1, -0.05) is 35.9 Å². The molecule has 0 amide bonds. The molecule has 1 aliphatic carbocycles. The Balaban J connectivity index is 1.06. The van der Waals surface area contributed by atoms with Gasteiger partial charge in [0.05, 0.1) is 28.5 Å². The number of anilines is 2. The topological polar surface area (TPSA) is 77.0 Å². The van der Waals surface area contributed by atoms with E-state index in [0.717, 1.165) is 79.7 Å². The standard InChI is InChI=1S/C36H42ClFN6O2/c1-21-4-2-7-31-28(21)15-36(14-23(38)16-44(31)36)20-46-35-40-30-19-42(32-13-26(45)12-22-5-3-6-29(37)33(22)32)11-10-27(30)34(41-35)43-17-24-8-9-25(18-43)39-24/h3,5-6,12-13,23-25,28,31,39,45H,1-2,4,7-11,14-20H2/t23-,24?,25?,28-,31+,36-/m1/s1. The highest BCUT2D eigenvalue weighted by Gasteiger charge is 2.58. The number of hydrogen-bond donors (Lipinski definition) is 2. The molecule has 2 unspecified atom stereocenters. The van der Waals surface area contributed by atoms with Crippen molar-refractivity contribution in [2.45, 2.75) is 87.7 Å². The fourth-order valence-electron chi connectivity index (χ4n) is 9.83. The fraction of sp³-hybridized carbons (Fsp3) is 0.556. The Morgan fingerprint density at radius 1 is 1.07 bits per heavy atom. The summed E-state index contributed by atoms with van der Waals surface area (Å²) in [4.78, 5) is 17.3. The van der Waals surface area contributed by atoms with Crippen molar-refractivity contribution in [2.24, 2.45) is 5.92 Å². The predicted octanol–water partition coefficient (Wildman–Crippen LogP) is 5.78. The minimum absolute atomic E-state index is 0.214. The van der Waals surface area contributed by atoms with E-state index in [1.54, 1.807) is 12.1 Å². The lowest BCUT2D eigenvalue weighted by Crippen LogP contribution is -2.52. The lowest BCUT2D eigenvalue weighted by molar-refractivity contribution is 0.0793. The van der Waals surface area contributed by atoms with Gasteiger partial charge in [0.2, 0.25) is 0 Å². The Morgan fingerprint density at radius 2 is 1.91 bits per heavy atom. The van der Waals surface area contributed by atoms with E-state index in [2.05, 4.69) is 26.6 Å². The number of phenols is 1. The largest absolute Gasteiger partial charge is 0.508 e. The number of fused-ring (bicyclic) bond motifs is 7. The number of halogens is 2. The van der Waals surface area contributed by atoms with Crippen LogP contribution in [-0.4, -0.2) is 82.6 Å². The second-order valence-corrected chi connectivity index (χ2v) is 15.1. The van der Waals surface area contributed by atoms with Gasteiger partial charge in [-0.05, 0) is 68.4 Å². The van der Waals surface area contributed by atoms with E-state index in [1.807, 2.05) is 18.2 Å².